The van der Waals surface area contributed by atoms with Crippen molar-refractivity contribution in [1.29, 1.82) is 0 Å². The summed E-state index contributed by atoms with van der Waals surface area (Å²) in [6.45, 7) is 2.48. The van der Waals surface area contributed by atoms with Crippen molar-refractivity contribution >= 4 is 51.8 Å². The van der Waals surface area contributed by atoms with Gasteiger partial charge in [0.25, 0.3) is 11.8 Å². The van der Waals surface area contributed by atoms with Gasteiger partial charge < -0.3 is 29.7 Å². The van der Waals surface area contributed by atoms with Gasteiger partial charge in [-0.2, -0.15) is 13.2 Å². The second kappa shape index (κ2) is 13.4. The second-order valence-electron chi connectivity index (χ2n) is 12.8. The van der Waals surface area contributed by atoms with Gasteiger partial charge in [-0.1, -0.05) is 18.5 Å². The Morgan fingerprint density at radius 3 is 2.48 bits per heavy atom. The van der Waals surface area contributed by atoms with Gasteiger partial charge in [-0.05, 0) is 31.5 Å². The number of halogens is 6. The third kappa shape index (κ3) is 6.66. The molecule has 52 heavy (non-hydrogen) atoms. The summed E-state index contributed by atoms with van der Waals surface area (Å²) < 4.78 is 71.6. The van der Waals surface area contributed by atoms with E-state index in [2.05, 4.69) is 25.3 Å². The number of nitrogens with one attached hydrogen (secondary N) is 1. The number of rotatable bonds is 7. The first-order valence-electron chi connectivity index (χ1n) is 16.1. The highest BCUT2D eigenvalue weighted by molar-refractivity contribution is 6.33. The summed E-state index contributed by atoms with van der Waals surface area (Å²) in [6, 6.07) is 0.313. The van der Waals surface area contributed by atoms with E-state index in [1.807, 2.05) is 0 Å². The lowest BCUT2D eigenvalue weighted by atomic mass is 10.0. The number of hydrogen-bond donors (Lipinski definition) is 2. The average molecular weight is 750 g/mol. The zero-order valence-corrected chi connectivity index (χ0v) is 29.1. The van der Waals surface area contributed by atoms with Crippen LogP contribution in [0.15, 0.2) is 35.5 Å². The van der Waals surface area contributed by atoms with Crippen LogP contribution in [0.4, 0.5) is 39.1 Å². The summed E-state index contributed by atoms with van der Waals surface area (Å²) in [5.41, 5.74) is -1.79. The van der Waals surface area contributed by atoms with E-state index in [9.17, 15) is 32.7 Å². The number of amides is 2. The maximum Gasteiger partial charge on any atom is 0.416 e. The van der Waals surface area contributed by atoms with Crippen LogP contribution in [0.1, 0.15) is 47.2 Å². The van der Waals surface area contributed by atoms with Crippen LogP contribution >= 0.6 is 11.6 Å². The molecule has 1 aliphatic carbocycles. The number of aromatic nitrogens is 5. The van der Waals surface area contributed by atoms with E-state index in [0.717, 1.165) is 18.5 Å². The molecule has 6 rings (SSSR count). The van der Waals surface area contributed by atoms with Gasteiger partial charge in [0.1, 0.15) is 24.4 Å². The fourth-order valence-corrected chi connectivity index (χ4v) is 7.06. The lowest BCUT2D eigenvalue weighted by Crippen LogP contribution is -2.60. The standard InChI is InChI=1S/C33H33ClF5N9O4/c1-5-20-27(46-8-9-47(22-12-32(35,36)11-21(22)46)31(52)26-28(50)16(2)41-15-42-26)29(51)25-30(40-13-23(44-25)45(3)4)48(20)14-24(49)43-19-7-6-17(10-18(19)34)33(37,38)39/h6-7,10,13,15,21-22,50H,5,8-9,11-12,14H2,1-4H3,(H,43,49)/t21-,22-/m0/s1. The molecule has 2 aliphatic rings. The molecule has 0 unspecified atom stereocenters. The second-order valence-corrected chi connectivity index (χ2v) is 13.3. The summed E-state index contributed by atoms with van der Waals surface area (Å²) >= 11 is 6.09. The highest BCUT2D eigenvalue weighted by atomic mass is 35.5. The molecular formula is C33H33ClF5N9O4. The lowest BCUT2D eigenvalue weighted by Gasteiger charge is -2.45. The third-order valence-corrected chi connectivity index (χ3v) is 9.60. The molecule has 0 spiro atoms. The van der Waals surface area contributed by atoms with Crippen molar-refractivity contribution in [2.24, 2.45) is 0 Å². The molecule has 276 valence electrons. The summed E-state index contributed by atoms with van der Waals surface area (Å²) in [7, 11) is 3.35. The van der Waals surface area contributed by atoms with E-state index >= 15 is 8.78 Å². The Morgan fingerprint density at radius 2 is 1.83 bits per heavy atom. The Hall–Kier alpha value is -5.13. The zero-order valence-electron chi connectivity index (χ0n) is 28.3. The summed E-state index contributed by atoms with van der Waals surface area (Å²) in [6.07, 6.45) is -3.47. The first-order valence-corrected chi connectivity index (χ1v) is 16.5. The molecule has 13 nitrogen and oxygen atoms in total. The molecule has 2 amide bonds. The monoisotopic (exact) mass is 749 g/mol. The Bertz CT molecular complexity index is 2150. The van der Waals surface area contributed by atoms with Crippen LogP contribution in [0, 0.1) is 6.92 Å². The van der Waals surface area contributed by atoms with Crippen LogP contribution in [0.2, 0.25) is 5.02 Å². The Labute approximate surface area is 298 Å². The zero-order chi connectivity index (χ0) is 37.9. The van der Waals surface area contributed by atoms with Gasteiger partial charge >= 0.3 is 6.18 Å². The Balaban J connectivity index is 1.44. The minimum absolute atomic E-state index is 0.00101. The van der Waals surface area contributed by atoms with Gasteiger partial charge in [-0.25, -0.2) is 28.7 Å². The van der Waals surface area contributed by atoms with Gasteiger partial charge in [0.05, 0.1) is 40.2 Å². The van der Waals surface area contributed by atoms with Crippen molar-refractivity contribution in [1.82, 2.24) is 29.4 Å². The molecule has 1 aromatic carbocycles. The summed E-state index contributed by atoms with van der Waals surface area (Å²) in [5, 5.41) is 12.7. The topological polar surface area (TPSA) is 150 Å². The molecule has 2 atom stereocenters. The van der Waals surface area contributed by atoms with Crippen molar-refractivity contribution in [3.05, 3.63) is 68.6 Å². The molecule has 1 saturated carbocycles. The number of aromatic hydroxyl groups is 1. The molecule has 4 heterocycles. The number of aryl methyl sites for hydroxylation is 1. The Morgan fingerprint density at radius 1 is 1.12 bits per heavy atom. The molecule has 3 aromatic heterocycles. The smallest absolute Gasteiger partial charge is 0.416 e. The molecule has 0 bridgehead atoms. The van der Waals surface area contributed by atoms with E-state index in [4.69, 9.17) is 11.6 Å². The van der Waals surface area contributed by atoms with Gasteiger partial charge in [-0.3, -0.25) is 14.4 Å². The molecule has 2 fully saturated rings. The SMILES string of the molecule is CCc1c(N2CCN(C(=O)c3ncnc(C)c3O)[C@H]3CC(F)(F)C[C@@H]32)c(=O)c2nc(N(C)C)cnc2n1CC(=O)Nc1ccc(C(F)(F)F)cc1Cl. The summed E-state index contributed by atoms with van der Waals surface area (Å²) in [5.74, 6) is -4.88. The van der Waals surface area contributed by atoms with Crippen LogP contribution in [0.5, 0.6) is 5.75 Å². The molecule has 19 heteroatoms. The number of fused-ring (bicyclic) bond motifs is 2. The number of hydrogen-bond acceptors (Lipinski definition) is 10. The van der Waals surface area contributed by atoms with Crippen LogP contribution < -0.4 is 20.5 Å². The average Bonchev–Trinajstić information content (AvgIpc) is 3.41. The van der Waals surface area contributed by atoms with Crippen molar-refractivity contribution in [2.75, 3.05) is 42.3 Å². The maximum absolute atomic E-state index is 15.3. The van der Waals surface area contributed by atoms with E-state index < -0.39 is 72.1 Å². The number of carbonyl (C=O) groups is 2. The van der Waals surface area contributed by atoms with E-state index in [0.29, 0.717) is 11.9 Å². The normalized spacial score (nSPS) is 18.4. The van der Waals surface area contributed by atoms with Crippen molar-refractivity contribution < 1.29 is 36.6 Å². The quantitative estimate of drug-likeness (QED) is 0.256. The maximum atomic E-state index is 15.3. The number of nitrogens with zero attached hydrogens (tertiary/aromatic N) is 8. The molecule has 2 N–H and O–H groups in total. The van der Waals surface area contributed by atoms with Crippen LogP contribution in [0.25, 0.3) is 11.2 Å². The lowest BCUT2D eigenvalue weighted by molar-refractivity contribution is -0.137. The van der Waals surface area contributed by atoms with Crippen molar-refractivity contribution in [3.63, 3.8) is 0 Å². The number of benzene rings is 1. The van der Waals surface area contributed by atoms with Gasteiger partial charge in [-0.15, -0.1) is 0 Å². The fourth-order valence-electron chi connectivity index (χ4n) is 6.83. The highest BCUT2D eigenvalue weighted by Crippen LogP contribution is 2.44. The van der Waals surface area contributed by atoms with E-state index in [1.54, 1.807) is 25.9 Å². The fraction of sp³-hybridized carbons (Fsp3) is 0.424. The third-order valence-electron chi connectivity index (χ3n) is 9.29. The molecule has 0 radical (unpaired) electrons. The number of alkyl halides is 5. The molecule has 1 aliphatic heterocycles. The van der Waals surface area contributed by atoms with Crippen molar-refractivity contribution in [2.45, 2.75) is 63.8 Å². The predicted molar refractivity (Wildman–Crippen MR) is 181 cm³/mol. The molecule has 4 aromatic rings. The Kier molecular flexibility index (Phi) is 9.48. The number of anilines is 3. The van der Waals surface area contributed by atoms with Gasteiger partial charge in [0.2, 0.25) is 11.3 Å². The highest BCUT2D eigenvalue weighted by Gasteiger charge is 2.54. The number of piperazine rings is 1. The van der Waals surface area contributed by atoms with Crippen molar-refractivity contribution in [3.8, 4) is 5.75 Å². The predicted octanol–water partition coefficient (Wildman–Crippen LogP) is 4.66. The minimum atomic E-state index is -4.66. The van der Waals surface area contributed by atoms with E-state index in [-0.39, 0.29) is 64.2 Å². The number of pyridine rings is 1. The first-order chi connectivity index (χ1) is 24.4. The van der Waals surface area contributed by atoms with Crippen LogP contribution in [-0.4, -0.2) is 91.5 Å². The molecular weight excluding hydrogens is 717 g/mol. The number of carbonyl (C=O) groups excluding carboxylic acids is 2. The van der Waals surface area contributed by atoms with Gasteiger partial charge in [0.15, 0.2) is 22.6 Å². The minimum Gasteiger partial charge on any atom is -0.504 e. The first kappa shape index (κ1) is 36.7. The van der Waals surface area contributed by atoms with Crippen LogP contribution in [0.3, 0.4) is 0 Å². The summed E-state index contributed by atoms with van der Waals surface area (Å²) in [4.78, 5) is 62.7. The van der Waals surface area contributed by atoms with Crippen LogP contribution in [-0.2, 0) is 23.9 Å². The largest absolute Gasteiger partial charge is 0.504 e. The van der Waals surface area contributed by atoms with E-state index in [1.165, 1.54) is 27.5 Å². The van der Waals surface area contributed by atoms with Gasteiger partial charge in [0, 0.05) is 45.7 Å². The molecule has 1 saturated heterocycles.